The van der Waals surface area contributed by atoms with Crippen LogP contribution >= 0.6 is 0 Å². The van der Waals surface area contributed by atoms with E-state index in [1.807, 2.05) is 0 Å². The zero-order chi connectivity index (χ0) is 57.1. The highest BCUT2D eigenvalue weighted by molar-refractivity contribution is 5.71. The molecule has 0 saturated carbocycles. The third kappa shape index (κ3) is 64.0. The summed E-state index contributed by atoms with van der Waals surface area (Å²) >= 11 is 0. The maximum atomic E-state index is 12.9. The Kier molecular flexibility index (Phi) is 61.9. The first-order valence-electron chi connectivity index (χ1n) is 32.3. The van der Waals surface area contributed by atoms with Crippen LogP contribution < -0.4 is 0 Å². The van der Waals surface area contributed by atoms with E-state index >= 15 is 0 Å². The van der Waals surface area contributed by atoms with E-state index in [9.17, 15) is 14.4 Å². The summed E-state index contributed by atoms with van der Waals surface area (Å²) in [7, 11) is 0. The molecule has 0 aliphatic rings. The van der Waals surface area contributed by atoms with Crippen LogP contribution in [-0.2, 0) is 28.6 Å². The monoisotopic (exact) mass is 1090 g/mol. The van der Waals surface area contributed by atoms with Gasteiger partial charge in [0, 0.05) is 19.3 Å². The molecule has 0 aliphatic heterocycles. The molecule has 0 N–H and O–H groups in total. The number of ether oxygens (including phenoxy) is 3. The molecule has 1 atom stereocenters. The van der Waals surface area contributed by atoms with Crippen molar-refractivity contribution >= 4 is 17.9 Å². The Balaban J connectivity index is 4.45. The van der Waals surface area contributed by atoms with Gasteiger partial charge in [0.15, 0.2) is 6.10 Å². The first-order chi connectivity index (χ1) is 39.0. The van der Waals surface area contributed by atoms with Gasteiger partial charge in [-0.3, -0.25) is 14.4 Å². The molecule has 0 spiro atoms. The predicted molar refractivity (Wildman–Crippen MR) is 343 cm³/mol. The first-order valence-corrected chi connectivity index (χ1v) is 32.3. The molecule has 0 saturated heterocycles. The van der Waals surface area contributed by atoms with Crippen molar-refractivity contribution in [2.24, 2.45) is 0 Å². The van der Waals surface area contributed by atoms with E-state index in [2.05, 4.69) is 167 Å². The highest BCUT2D eigenvalue weighted by Gasteiger charge is 2.19. The number of allylic oxidation sites excluding steroid dienone is 24. The third-order valence-electron chi connectivity index (χ3n) is 13.3. The molecule has 0 aromatic carbocycles. The second-order valence-corrected chi connectivity index (χ2v) is 20.9. The standard InChI is InChI=1S/C73H118O6/c1-4-7-10-13-16-19-22-25-28-31-34-35-36-37-40-42-45-48-51-54-57-60-63-66-72(75)78-69-70(79-73(76)67-64-61-58-55-52-49-46-43-39-33-30-27-24-21-18-15-12-9-6-3)68-77-71(74)65-62-59-56-53-50-47-44-41-38-32-29-26-23-20-17-14-11-8-5-2/h7-12,16-21,25-30,34-35,38-39,41,43,70H,4-6,13-15,22-24,31-33,36-37,40,42,44-69H2,1-3H3/b10-7-,11-8-,12-9-,19-16-,20-17-,21-18-,28-25-,29-26-,30-27-,35-34-,41-38-,43-39-. The number of hydrogen-bond acceptors (Lipinski definition) is 6. The summed E-state index contributed by atoms with van der Waals surface area (Å²) in [6.45, 7) is 6.29. The fraction of sp³-hybridized carbons (Fsp3) is 0.630. The number of hydrogen-bond donors (Lipinski definition) is 0. The quantitative estimate of drug-likeness (QED) is 0.0261. The molecular formula is C73H118O6. The molecule has 0 bridgehead atoms. The summed E-state index contributed by atoms with van der Waals surface area (Å²) in [5, 5.41) is 0. The minimum Gasteiger partial charge on any atom is -0.462 e. The third-order valence-corrected chi connectivity index (χ3v) is 13.3. The lowest BCUT2D eigenvalue weighted by atomic mass is 10.1. The van der Waals surface area contributed by atoms with E-state index in [0.29, 0.717) is 19.3 Å². The zero-order valence-corrected chi connectivity index (χ0v) is 51.1. The summed E-state index contributed by atoms with van der Waals surface area (Å²) in [4.78, 5) is 38.4. The van der Waals surface area contributed by atoms with Crippen molar-refractivity contribution in [3.63, 3.8) is 0 Å². The molecule has 0 rings (SSSR count). The molecule has 0 radical (unpaired) electrons. The van der Waals surface area contributed by atoms with Crippen molar-refractivity contribution < 1.29 is 28.6 Å². The normalized spacial score (nSPS) is 13.1. The first kappa shape index (κ1) is 74.3. The molecule has 0 aromatic rings. The lowest BCUT2D eigenvalue weighted by molar-refractivity contribution is -0.167. The van der Waals surface area contributed by atoms with E-state index in [1.165, 1.54) is 77.0 Å². The maximum absolute atomic E-state index is 12.9. The highest BCUT2D eigenvalue weighted by atomic mass is 16.6. The Morgan fingerprint density at radius 3 is 0.709 bits per heavy atom. The smallest absolute Gasteiger partial charge is 0.306 e. The fourth-order valence-corrected chi connectivity index (χ4v) is 8.59. The van der Waals surface area contributed by atoms with Crippen LogP contribution in [0.5, 0.6) is 0 Å². The minimum atomic E-state index is -0.802. The Morgan fingerprint density at radius 1 is 0.253 bits per heavy atom. The maximum Gasteiger partial charge on any atom is 0.306 e. The lowest BCUT2D eigenvalue weighted by Crippen LogP contribution is -2.30. The second kappa shape index (κ2) is 65.8. The van der Waals surface area contributed by atoms with E-state index in [4.69, 9.17) is 14.2 Å². The van der Waals surface area contributed by atoms with Crippen LogP contribution in [-0.4, -0.2) is 37.2 Å². The summed E-state index contributed by atoms with van der Waals surface area (Å²) in [5.74, 6) is -0.926. The molecule has 6 nitrogen and oxygen atoms in total. The Bertz CT molecular complexity index is 1730. The summed E-state index contributed by atoms with van der Waals surface area (Å²) in [6.07, 6.45) is 94.1. The number of esters is 3. The zero-order valence-electron chi connectivity index (χ0n) is 51.1. The summed E-state index contributed by atoms with van der Waals surface area (Å²) in [6, 6.07) is 0. The largest absolute Gasteiger partial charge is 0.462 e. The van der Waals surface area contributed by atoms with Crippen LogP contribution in [0.15, 0.2) is 146 Å². The average Bonchev–Trinajstić information content (AvgIpc) is 3.45. The number of rotatable bonds is 57. The highest BCUT2D eigenvalue weighted by Crippen LogP contribution is 2.15. The van der Waals surface area contributed by atoms with Crippen molar-refractivity contribution in [1.29, 1.82) is 0 Å². The van der Waals surface area contributed by atoms with Gasteiger partial charge in [-0.2, -0.15) is 0 Å². The van der Waals surface area contributed by atoms with Gasteiger partial charge in [0.1, 0.15) is 13.2 Å². The fourth-order valence-electron chi connectivity index (χ4n) is 8.59. The SMILES string of the molecule is CC/C=C\C/C=C\C/C=C\C/C=C\CCCCCCCCCCCCC(=O)OCC(COC(=O)CCCCCCCC/C=C\C/C=C\C/C=C\C/C=C\CC)OC(=O)CCCCCCCC/C=C\C/C=C\C/C=C\C/C=C\CC. The van der Waals surface area contributed by atoms with Crippen LogP contribution in [0.1, 0.15) is 278 Å². The number of carbonyl (C=O) groups is 3. The topological polar surface area (TPSA) is 78.9 Å². The van der Waals surface area contributed by atoms with Crippen molar-refractivity contribution in [1.82, 2.24) is 0 Å². The van der Waals surface area contributed by atoms with E-state index in [0.717, 1.165) is 161 Å². The minimum absolute atomic E-state index is 0.0957. The van der Waals surface area contributed by atoms with Gasteiger partial charge in [0.05, 0.1) is 0 Å². The van der Waals surface area contributed by atoms with Gasteiger partial charge < -0.3 is 14.2 Å². The molecular weight excluding hydrogens is 973 g/mol. The summed E-state index contributed by atoms with van der Waals surface area (Å²) in [5.41, 5.74) is 0. The lowest BCUT2D eigenvalue weighted by Gasteiger charge is -2.18. The van der Waals surface area contributed by atoms with Crippen molar-refractivity contribution in [2.75, 3.05) is 13.2 Å². The predicted octanol–water partition coefficient (Wildman–Crippen LogP) is 22.3. The molecule has 0 fully saturated rings. The Labute approximate surface area is 487 Å². The molecule has 6 heteroatoms. The van der Waals surface area contributed by atoms with Crippen molar-refractivity contribution in [3.8, 4) is 0 Å². The van der Waals surface area contributed by atoms with E-state index < -0.39 is 6.10 Å². The summed E-state index contributed by atoms with van der Waals surface area (Å²) < 4.78 is 16.9. The molecule has 0 aromatic heterocycles. The van der Waals surface area contributed by atoms with Gasteiger partial charge in [-0.1, -0.05) is 269 Å². The van der Waals surface area contributed by atoms with Gasteiger partial charge >= 0.3 is 17.9 Å². The van der Waals surface area contributed by atoms with Gasteiger partial charge in [0.25, 0.3) is 0 Å². The van der Waals surface area contributed by atoms with Crippen LogP contribution in [0.25, 0.3) is 0 Å². The van der Waals surface area contributed by atoms with Crippen molar-refractivity contribution in [2.45, 2.75) is 284 Å². The number of unbranched alkanes of at least 4 members (excludes halogenated alkanes) is 22. The number of carbonyl (C=O) groups excluding carboxylic acids is 3. The Hall–Kier alpha value is -4.71. The second-order valence-electron chi connectivity index (χ2n) is 20.9. The molecule has 446 valence electrons. The average molecular weight is 1090 g/mol. The molecule has 0 heterocycles. The molecule has 1 unspecified atom stereocenters. The van der Waals surface area contributed by atoms with Crippen LogP contribution in [0.2, 0.25) is 0 Å². The van der Waals surface area contributed by atoms with Gasteiger partial charge in [0.2, 0.25) is 0 Å². The molecule has 79 heavy (non-hydrogen) atoms. The molecule has 0 amide bonds. The molecule has 0 aliphatic carbocycles. The van der Waals surface area contributed by atoms with Crippen molar-refractivity contribution in [3.05, 3.63) is 146 Å². The van der Waals surface area contributed by atoms with Gasteiger partial charge in [-0.25, -0.2) is 0 Å². The van der Waals surface area contributed by atoms with Crippen LogP contribution in [0.4, 0.5) is 0 Å². The van der Waals surface area contributed by atoms with Crippen LogP contribution in [0.3, 0.4) is 0 Å². The van der Waals surface area contributed by atoms with E-state index in [-0.39, 0.29) is 31.1 Å². The van der Waals surface area contributed by atoms with E-state index in [1.54, 1.807) is 0 Å². The Morgan fingerprint density at radius 2 is 0.456 bits per heavy atom. The van der Waals surface area contributed by atoms with Gasteiger partial charge in [-0.15, -0.1) is 0 Å². The van der Waals surface area contributed by atoms with Crippen LogP contribution in [0, 0.1) is 0 Å². The van der Waals surface area contributed by atoms with Gasteiger partial charge in [-0.05, 0) is 135 Å².